The highest BCUT2D eigenvalue weighted by Crippen LogP contribution is 2.40. The monoisotopic (exact) mass is 446 g/mol. The van der Waals surface area contributed by atoms with E-state index in [1.807, 2.05) is 18.2 Å². The third-order valence-corrected chi connectivity index (χ3v) is 7.24. The van der Waals surface area contributed by atoms with Gasteiger partial charge in [-0.25, -0.2) is 9.78 Å². The van der Waals surface area contributed by atoms with E-state index in [9.17, 15) is 14.7 Å². The Bertz CT molecular complexity index is 1310. The van der Waals surface area contributed by atoms with Crippen LogP contribution in [0.1, 0.15) is 74.6 Å². The number of cyclic esters (lactones) is 1. The van der Waals surface area contributed by atoms with Gasteiger partial charge < -0.3 is 14.4 Å². The minimum absolute atomic E-state index is 0.106. The van der Waals surface area contributed by atoms with Gasteiger partial charge in [-0.05, 0) is 37.0 Å². The molecule has 6 nitrogen and oxygen atoms in total. The molecule has 0 saturated heterocycles. The Balaban J connectivity index is 1.66. The molecule has 0 fully saturated rings. The number of rotatable bonds is 7. The number of aryl methyl sites for hydroxylation is 1. The molecular formula is C27H30N2O4. The Kier molecular flexibility index (Phi) is 5.57. The maximum absolute atomic E-state index is 13.5. The summed E-state index contributed by atoms with van der Waals surface area (Å²) in [7, 11) is 0. The van der Waals surface area contributed by atoms with E-state index in [1.54, 1.807) is 17.6 Å². The van der Waals surface area contributed by atoms with Crippen LogP contribution in [0.15, 0.2) is 35.1 Å². The summed E-state index contributed by atoms with van der Waals surface area (Å²) in [5, 5.41) is 12.2. The molecule has 5 rings (SSSR count). The number of fused-ring (bicyclic) bond motifs is 5. The Morgan fingerprint density at radius 2 is 1.88 bits per heavy atom. The standard InChI is InChI=1S/C27H30N2O4/c1-3-5-6-7-8-11-17-18-12-9-10-13-22(18)28-24-19(17)15-29-23(24)14-21-20(25(29)30)16-33-26(31)27(21,32)4-2/h9-10,12-14,32H,3-8,11,15-16H2,1-2H3/t27-/m0/s1. The molecule has 2 aromatic heterocycles. The van der Waals surface area contributed by atoms with Gasteiger partial charge in [-0.2, -0.15) is 0 Å². The van der Waals surface area contributed by atoms with Crippen molar-refractivity contribution in [3.05, 3.63) is 62.9 Å². The molecule has 1 N–H and O–H groups in total. The first kappa shape index (κ1) is 21.8. The van der Waals surface area contributed by atoms with Crippen LogP contribution in [0, 0.1) is 0 Å². The van der Waals surface area contributed by atoms with Gasteiger partial charge in [0.1, 0.15) is 6.61 Å². The predicted octanol–water partition coefficient (Wildman–Crippen LogP) is 4.59. The number of hydrogen-bond donors (Lipinski definition) is 1. The maximum atomic E-state index is 13.5. The molecule has 0 bridgehead atoms. The molecule has 1 atom stereocenters. The Morgan fingerprint density at radius 1 is 1.09 bits per heavy atom. The van der Waals surface area contributed by atoms with E-state index in [0.29, 0.717) is 23.4 Å². The van der Waals surface area contributed by atoms with Crippen LogP contribution in [-0.4, -0.2) is 20.6 Å². The summed E-state index contributed by atoms with van der Waals surface area (Å²) in [5.41, 5.74) is 3.42. The zero-order valence-electron chi connectivity index (χ0n) is 19.3. The number of benzene rings is 1. The van der Waals surface area contributed by atoms with Gasteiger partial charge in [0.2, 0.25) is 0 Å². The van der Waals surface area contributed by atoms with Crippen molar-refractivity contribution in [3.63, 3.8) is 0 Å². The van der Waals surface area contributed by atoms with Gasteiger partial charge in [0.15, 0.2) is 5.60 Å². The number of unbranched alkanes of at least 4 members (excludes halogenated alkanes) is 4. The fourth-order valence-corrected chi connectivity index (χ4v) is 5.30. The lowest BCUT2D eigenvalue weighted by molar-refractivity contribution is -0.172. The first-order valence-electron chi connectivity index (χ1n) is 12.1. The summed E-state index contributed by atoms with van der Waals surface area (Å²) in [6.07, 6.45) is 7.07. The molecule has 33 heavy (non-hydrogen) atoms. The fourth-order valence-electron chi connectivity index (χ4n) is 5.30. The van der Waals surface area contributed by atoms with E-state index < -0.39 is 11.6 Å². The van der Waals surface area contributed by atoms with Gasteiger partial charge in [-0.3, -0.25) is 4.79 Å². The fraction of sp³-hybridized carbons (Fsp3) is 0.444. The molecule has 3 aromatic rings. The van der Waals surface area contributed by atoms with Crippen molar-refractivity contribution in [2.45, 2.75) is 77.5 Å². The smallest absolute Gasteiger partial charge is 0.343 e. The second-order valence-corrected chi connectivity index (χ2v) is 9.20. The van der Waals surface area contributed by atoms with Crippen LogP contribution < -0.4 is 5.56 Å². The number of nitrogens with zero attached hydrogens (tertiary/aromatic N) is 2. The first-order valence-corrected chi connectivity index (χ1v) is 12.1. The SMILES string of the molecule is CCCCCCCc1c2c(nc3ccccc13)-c1cc3c(c(=O)n1C2)COC(=O)[C@]3(O)CC. The van der Waals surface area contributed by atoms with Crippen LogP contribution in [0.3, 0.4) is 0 Å². The van der Waals surface area contributed by atoms with Crippen LogP contribution in [0.2, 0.25) is 0 Å². The van der Waals surface area contributed by atoms with E-state index in [4.69, 9.17) is 9.72 Å². The summed E-state index contributed by atoms with van der Waals surface area (Å²) in [6, 6.07) is 9.93. The third-order valence-electron chi connectivity index (χ3n) is 7.24. The van der Waals surface area contributed by atoms with Crippen molar-refractivity contribution >= 4 is 16.9 Å². The lowest BCUT2D eigenvalue weighted by Crippen LogP contribution is -2.44. The average molecular weight is 447 g/mol. The highest BCUT2D eigenvalue weighted by Gasteiger charge is 2.45. The molecule has 0 radical (unpaired) electrons. The van der Waals surface area contributed by atoms with Gasteiger partial charge in [-0.15, -0.1) is 0 Å². The maximum Gasteiger partial charge on any atom is 0.343 e. The molecule has 0 aliphatic carbocycles. The van der Waals surface area contributed by atoms with E-state index in [1.165, 1.54) is 31.2 Å². The Labute approximate surface area is 193 Å². The Morgan fingerprint density at radius 3 is 2.67 bits per heavy atom. The van der Waals surface area contributed by atoms with Crippen LogP contribution in [0.25, 0.3) is 22.3 Å². The lowest BCUT2D eigenvalue weighted by Gasteiger charge is -2.31. The summed E-state index contributed by atoms with van der Waals surface area (Å²) in [6.45, 7) is 4.29. The van der Waals surface area contributed by atoms with E-state index in [2.05, 4.69) is 13.0 Å². The summed E-state index contributed by atoms with van der Waals surface area (Å²) < 4.78 is 6.91. The highest BCUT2D eigenvalue weighted by atomic mass is 16.6. The summed E-state index contributed by atoms with van der Waals surface area (Å²) in [5.74, 6) is -0.695. The molecular weight excluding hydrogens is 416 g/mol. The van der Waals surface area contributed by atoms with Crippen molar-refractivity contribution in [1.82, 2.24) is 9.55 Å². The van der Waals surface area contributed by atoms with E-state index in [0.717, 1.165) is 35.0 Å². The lowest BCUT2D eigenvalue weighted by atomic mass is 9.86. The number of pyridine rings is 2. The van der Waals surface area contributed by atoms with Gasteiger partial charge in [0.05, 0.1) is 29.0 Å². The number of aromatic nitrogens is 2. The van der Waals surface area contributed by atoms with Crippen molar-refractivity contribution in [2.24, 2.45) is 0 Å². The molecule has 0 spiro atoms. The van der Waals surface area contributed by atoms with Crippen LogP contribution in [-0.2, 0) is 34.7 Å². The number of carbonyl (C=O) groups is 1. The third kappa shape index (κ3) is 3.39. The zero-order chi connectivity index (χ0) is 23.2. The Hall–Kier alpha value is -2.99. The molecule has 4 heterocycles. The van der Waals surface area contributed by atoms with E-state index >= 15 is 0 Å². The first-order chi connectivity index (χ1) is 16.0. The van der Waals surface area contributed by atoms with E-state index in [-0.39, 0.29) is 18.6 Å². The molecule has 6 heteroatoms. The number of esters is 1. The molecule has 1 aromatic carbocycles. The largest absolute Gasteiger partial charge is 0.458 e. The highest BCUT2D eigenvalue weighted by molar-refractivity contribution is 5.89. The molecule has 0 saturated carbocycles. The zero-order valence-corrected chi connectivity index (χ0v) is 19.3. The van der Waals surface area contributed by atoms with Gasteiger partial charge in [-0.1, -0.05) is 57.7 Å². The summed E-state index contributed by atoms with van der Waals surface area (Å²) >= 11 is 0. The number of ether oxygens (including phenoxy) is 1. The minimum atomic E-state index is -1.80. The van der Waals surface area contributed by atoms with Crippen molar-refractivity contribution in [3.8, 4) is 11.4 Å². The normalized spacial score (nSPS) is 18.7. The number of carbonyl (C=O) groups excluding carboxylic acids is 1. The number of hydrogen-bond acceptors (Lipinski definition) is 5. The van der Waals surface area contributed by atoms with Crippen LogP contribution in [0.4, 0.5) is 0 Å². The van der Waals surface area contributed by atoms with Crippen molar-refractivity contribution in [2.75, 3.05) is 0 Å². The van der Waals surface area contributed by atoms with Crippen LogP contribution >= 0.6 is 0 Å². The average Bonchev–Trinajstić information content (AvgIpc) is 3.20. The van der Waals surface area contributed by atoms with Gasteiger partial charge >= 0.3 is 5.97 Å². The topological polar surface area (TPSA) is 81.4 Å². The van der Waals surface area contributed by atoms with Crippen molar-refractivity contribution < 1.29 is 14.6 Å². The number of para-hydroxylation sites is 1. The predicted molar refractivity (Wildman–Crippen MR) is 127 cm³/mol. The summed E-state index contributed by atoms with van der Waals surface area (Å²) in [4.78, 5) is 30.8. The quantitative estimate of drug-likeness (QED) is 0.332. The molecule has 2 aliphatic rings. The van der Waals surface area contributed by atoms with Gasteiger partial charge in [0.25, 0.3) is 5.56 Å². The minimum Gasteiger partial charge on any atom is -0.458 e. The molecule has 2 aliphatic heterocycles. The van der Waals surface area contributed by atoms with Crippen LogP contribution in [0.5, 0.6) is 0 Å². The second kappa shape index (κ2) is 8.41. The number of aliphatic hydroxyl groups is 1. The molecule has 172 valence electrons. The molecule has 0 unspecified atom stereocenters. The molecule has 0 amide bonds. The van der Waals surface area contributed by atoms with Crippen molar-refractivity contribution in [1.29, 1.82) is 0 Å². The van der Waals surface area contributed by atoms with Gasteiger partial charge in [0, 0.05) is 16.5 Å². The second-order valence-electron chi connectivity index (χ2n) is 9.20.